The summed E-state index contributed by atoms with van der Waals surface area (Å²) in [7, 11) is 7.04. The monoisotopic (exact) mass is 330 g/mol. The number of rotatable bonds is 5. The lowest BCUT2D eigenvalue weighted by Crippen LogP contribution is -2.25. The van der Waals surface area contributed by atoms with E-state index in [9.17, 15) is 0 Å². The van der Waals surface area contributed by atoms with Crippen LogP contribution < -0.4 is 19.3 Å². The minimum atomic E-state index is 0.198. The van der Waals surface area contributed by atoms with Crippen LogP contribution in [0.5, 0.6) is 12.0 Å². The van der Waals surface area contributed by atoms with Crippen LogP contribution in [-0.4, -0.2) is 54.8 Å². The molecule has 24 heavy (non-hydrogen) atoms. The summed E-state index contributed by atoms with van der Waals surface area (Å²) in [6.07, 6.45) is 3.95. The van der Waals surface area contributed by atoms with Crippen LogP contribution in [0.4, 0.5) is 11.8 Å². The van der Waals surface area contributed by atoms with Gasteiger partial charge in [0.25, 0.3) is 0 Å². The summed E-state index contributed by atoms with van der Waals surface area (Å²) in [5.74, 6) is 1.51. The molecule has 1 unspecified atom stereocenters. The van der Waals surface area contributed by atoms with Gasteiger partial charge in [-0.3, -0.25) is 0 Å². The third-order valence-electron chi connectivity index (χ3n) is 4.07. The molecule has 3 rings (SSSR count). The van der Waals surface area contributed by atoms with Gasteiger partial charge >= 0.3 is 12.0 Å². The van der Waals surface area contributed by atoms with Crippen LogP contribution in [0.25, 0.3) is 0 Å². The molecule has 0 aromatic carbocycles. The topological polar surface area (TPSA) is 76.5 Å². The van der Waals surface area contributed by atoms with E-state index in [0.29, 0.717) is 5.95 Å². The fraction of sp³-hybridized carbons (Fsp3) is 0.500. The maximum atomic E-state index is 5.16. The van der Waals surface area contributed by atoms with Crippen molar-refractivity contribution in [3.63, 3.8) is 0 Å². The van der Waals surface area contributed by atoms with Gasteiger partial charge in [-0.15, -0.1) is 4.98 Å². The van der Waals surface area contributed by atoms with E-state index in [0.717, 1.165) is 25.2 Å². The number of methoxy groups -OCH3 is 2. The van der Waals surface area contributed by atoms with Crippen molar-refractivity contribution >= 4 is 11.8 Å². The average Bonchev–Trinajstić information content (AvgIpc) is 3.11. The molecule has 0 spiro atoms. The Morgan fingerprint density at radius 3 is 2.46 bits per heavy atom. The Hall–Kier alpha value is -2.64. The Kier molecular flexibility index (Phi) is 4.64. The van der Waals surface area contributed by atoms with Gasteiger partial charge in [-0.25, -0.2) is 4.98 Å². The zero-order chi connectivity index (χ0) is 17.1. The van der Waals surface area contributed by atoms with Gasteiger partial charge in [0.05, 0.1) is 20.3 Å². The molecule has 1 atom stereocenters. The fourth-order valence-corrected chi connectivity index (χ4v) is 2.88. The quantitative estimate of drug-likeness (QED) is 0.820. The van der Waals surface area contributed by atoms with Gasteiger partial charge < -0.3 is 19.3 Å². The molecule has 3 heterocycles. The lowest BCUT2D eigenvalue weighted by Gasteiger charge is -2.25. The Morgan fingerprint density at radius 2 is 1.83 bits per heavy atom. The molecule has 0 N–H and O–H groups in total. The third kappa shape index (κ3) is 3.17. The van der Waals surface area contributed by atoms with Crippen LogP contribution in [0, 0.1) is 0 Å². The van der Waals surface area contributed by atoms with E-state index < -0.39 is 0 Å². The Bertz CT molecular complexity index is 686. The number of hydrogen-bond donors (Lipinski definition) is 0. The first-order chi connectivity index (χ1) is 11.6. The van der Waals surface area contributed by atoms with Gasteiger partial charge in [-0.05, 0) is 30.5 Å². The van der Waals surface area contributed by atoms with E-state index in [2.05, 4.69) is 30.9 Å². The van der Waals surface area contributed by atoms with Crippen molar-refractivity contribution < 1.29 is 9.47 Å². The minimum Gasteiger partial charge on any atom is -0.467 e. The molecular formula is C16H22N6O2. The average molecular weight is 330 g/mol. The predicted molar refractivity (Wildman–Crippen MR) is 90.8 cm³/mol. The number of aromatic nitrogens is 4. The second-order valence-electron chi connectivity index (χ2n) is 5.80. The highest BCUT2D eigenvalue weighted by Crippen LogP contribution is 2.35. The van der Waals surface area contributed by atoms with Crippen molar-refractivity contribution in [1.82, 2.24) is 19.9 Å². The molecule has 0 aliphatic carbocycles. The molecule has 1 saturated heterocycles. The number of nitrogens with zero attached hydrogens (tertiary/aromatic N) is 6. The molecule has 0 amide bonds. The lowest BCUT2D eigenvalue weighted by atomic mass is 10.1. The van der Waals surface area contributed by atoms with E-state index >= 15 is 0 Å². The highest BCUT2D eigenvalue weighted by atomic mass is 16.5. The number of pyridine rings is 1. The standard InChI is InChI=1S/C16H22N6O2/c1-21(2)13-10-11(7-8-17-13)12-6-5-9-22(12)14-18-15(23-3)20-16(19-14)24-4/h7-8,10,12H,5-6,9H2,1-4H3. The molecule has 1 fully saturated rings. The summed E-state index contributed by atoms with van der Waals surface area (Å²) in [4.78, 5) is 21.4. The Balaban J connectivity index is 1.95. The normalized spacial score (nSPS) is 17.0. The van der Waals surface area contributed by atoms with Gasteiger partial charge in [0, 0.05) is 26.8 Å². The molecule has 2 aromatic heterocycles. The second-order valence-corrected chi connectivity index (χ2v) is 5.80. The van der Waals surface area contributed by atoms with Crippen molar-refractivity contribution in [3.05, 3.63) is 23.9 Å². The summed E-state index contributed by atoms with van der Waals surface area (Å²) < 4.78 is 10.3. The zero-order valence-corrected chi connectivity index (χ0v) is 14.4. The first kappa shape index (κ1) is 16.2. The van der Waals surface area contributed by atoms with Gasteiger partial charge in [0.15, 0.2) is 0 Å². The van der Waals surface area contributed by atoms with Crippen molar-refractivity contribution in [3.8, 4) is 12.0 Å². The van der Waals surface area contributed by atoms with Gasteiger partial charge in [-0.2, -0.15) is 9.97 Å². The van der Waals surface area contributed by atoms with Gasteiger partial charge in [0.1, 0.15) is 5.82 Å². The Labute approximate surface area is 141 Å². The van der Waals surface area contributed by atoms with Crippen LogP contribution in [0.2, 0.25) is 0 Å². The number of anilines is 2. The molecule has 0 radical (unpaired) electrons. The number of ether oxygens (including phenoxy) is 2. The SMILES string of the molecule is COc1nc(OC)nc(N2CCCC2c2ccnc(N(C)C)c2)n1. The molecule has 8 heteroatoms. The first-order valence-corrected chi connectivity index (χ1v) is 7.86. The highest BCUT2D eigenvalue weighted by molar-refractivity contribution is 5.45. The molecule has 128 valence electrons. The van der Waals surface area contributed by atoms with E-state index in [1.807, 2.05) is 31.3 Å². The summed E-state index contributed by atoms with van der Waals surface area (Å²) in [6, 6.07) is 4.87. The largest absolute Gasteiger partial charge is 0.467 e. The van der Waals surface area contributed by atoms with Crippen molar-refractivity contribution in [2.24, 2.45) is 0 Å². The van der Waals surface area contributed by atoms with Crippen molar-refractivity contribution in [1.29, 1.82) is 0 Å². The molecular weight excluding hydrogens is 308 g/mol. The maximum Gasteiger partial charge on any atom is 0.324 e. The molecule has 1 aliphatic heterocycles. The number of hydrogen-bond acceptors (Lipinski definition) is 8. The zero-order valence-electron chi connectivity index (χ0n) is 14.4. The lowest BCUT2D eigenvalue weighted by molar-refractivity contribution is 0.339. The highest BCUT2D eigenvalue weighted by Gasteiger charge is 2.29. The van der Waals surface area contributed by atoms with E-state index in [1.165, 1.54) is 19.8 Å². The first-order valence-electron chi connectivity index (χ1n) is 7.86. The van der Waals surface area contributed by atoms with Gasteiger partial charge in [-0.1, -0.05) is 0 Å². The Morgan fingerprint density at radius 1 is 1.12 bits per heavy atom. The summed E-state index contributed by atoms with van der Waals surface area (Å²) in [5.41, 5.74) is 1.20. The van der Waals surface area contributed by atoms with Crippen LogP contribution in [0.15, 0.2) is 18.3 Å². The summed E-state index contributed by atoms with van der Waals surface area (Å²) in [5, 5.41) is 0. The van der Waals surface area contributed by atoms with Gasteiger partial charge in [0.2, 0.25) is 5.95 Å². The van der Waals surface area contributed by atoms with Crippen LogP contribution in [0.1, 0.15) is 24.4 Å². The molecule has 2 aromatic rings. The third-order valence-corrected chi connectivity index (χ3v) is 4.07. The van der Waals surface area contributed by atoms with Crippen molar-refractivity contribution in [2.45, 2.75) is 18.9 Å². The van der Waals surface area contributed by atoms with Crippen molar-refractivity contribution in [2.75, 3.05) is 44.7 Å². The molecule has 0 bridgehead atoms. The minimum absolute atomic E-state index is 0.198. The maximum absolute atomic E-state index is 5.16. The predicted octanol–water partition coefficient (Wildman–Crippen LogP) is 1.69. The summed E-state index contributed by atoms with van der Waals surface area (Å²) in [6.45, 7) is 0.876. The second kappa shape index (κ2) is 6.86. The van der Waals surface area contributed by atoms with Crippen LogP contribution in [0.3, 0.4) is 0 Å². The van der Waals surface area contributed by atoms with E-state index in [-0.39, 0.29) is 18.1 Å². The van der Waals surface area contributed by atoms with Crippen LogP contribution in [-0.2, 0) is 0 Å². The van der Waals surface area contributed by atoms with E-state index in [1.54, 1.807) is 0 Å². The van der Waals surface area contributed by atoms with Crippen LogP contribution >= 0.6 is 0 Å². The smallest absolute Gasteiger partial charge is 0.324 e. The molecule has 1 aliphatic rings. The summed E-state index contributed by atoms with van der Waals surface area (Å²) >= 11 is 0. The van der Waals surface area contributed by atoms with E-state index in [4.69, 9.17) is 9.47 Å². The molecule has 8 nitrogen and oxygen atoms in total. The fourth-order valence-electron chi connectivity index (χ4n) is 2.88. The molecule has 0 saturated carbocycles.